The zero-order chi connectivity index (χ0) is 19.3. The zero-order valence-corrected chi connectivity index (χ0v) is 15.2. The van der Waals surface area contributed by atoms with Gasteiger partial charge in [0.15, 0.2) is 0 Å². The maximum atomic E-state index is 13.2. The monoisotopic (exact) mass is 380 g/mol. The molecule has 0 aliphatic carbocycles. The van der Waals surface area contributed by atoms with Crippen molar-refractivity contribution in [2.75, 3.05) is 23.7 Å². The van der Waals surface area contributed by atoms with Gasteiger partial charge in [0.05, 0.1) is 24.1 Å². The number of para-hydroxylation sites is 1. The zero-order valence-electron chi connectivity index (χ0n) is 14.4. The van der Waals surface area contributed by atoms with E-state index in [1.165, 1.54) is 12.1 Å². The minimum absolute atomic E-state index is 0.0748. The third kappa shape index (κ3) is 5.91. The van der Waals surface area contributed by atoms with Gasteiger partial charge in [-0.3, -0.25) is 9.10 Å². The summed E-state index contributed by atoms with van der Waals surface area (Å²) in [5, 5.41) is 2.59. The van der Waals surface area contributed by atoms with Crippen LogP contribution in [0.3, 0.4) is 0 Å². The highest BCUT2D eigenvalue weighted by Crippen LogP contribution is 2.37. The van der Waals surface area contributed by atoms with Crippen LogP contribution in [0.2, 0.25) is 0 Å². The molecule has 0 aliphatic rings. The number of carbonyl (C=O) groups excluding carboxylic acids is 1. The number of alkyl halides is 3. The quantitative estimate of drug-likeness (QED) is 0.754. The Hall–Kier alpha value is -1.77. The van der Waals surface area contributed by atoms with E-state index >= 15 is 0 Å². The van der Waals surface area contributed by atoms with E-state index in [-0.39, 0.29) is 24.9 Å². The number of rotatable bonds is 8. The van der Waals surface area contributed by atoms with E-state index in [0.717, 1.165) is 18.4 Å². The molecular weight excluding hydrogens is 357 g/mol. The van der Waals surface area contributed by atoms with Gasteiger partial charge in [0.1, 0.15) is 0 Å². The highest BCUT2D eigenvalue weighted by Gasteiger charge is 2.36. The Morgan fingerprint density at radius 3 is 2.24 bits per heavy atom. The standard InChI is InChI=1S/C16H23F3N2O3S/c1-4-12(5-2)15(22)20-10-11-21(25(3,23)24)14-9-7-6-8-13(14)16(17,18)19/h6-9,12H,4-5,10-11H2,1-3H3,(H,20,22). The molecule has 0 unspecified atom stereocenters. The molecule has 1 aromatic carbocycles. The third-order valence-corrected chi connectivity index (χ3v) is 5.03. The van der Waals surface area contributed by atoms with E-state index < -0.39 is 27.5 Å². The van der Waals surface area contributed by atoms with Crippen LogP contribution in [0, 0.1) is 5.92 Å². The number of halogens is 3. The number of sulfonamides is 1. The lowest BCUT2D eigenvalue weighted by atomic mass is 10.0. The maximum absolute atomic E-state index is 13.2. The van der Waals surface area contributed by atoms with Crippen molar-refractivity contribution in [1.82, 2.24) is 5.32 Å². The number of amides is 1. The molecule has 0 saturated carbocycles. The number of anilines is 1. The first-order valence-corrected chi connectivity index (χ1v) is 9.78. The lowest BCUT2D eigenvalue weighted by Crippen LogP contribution is -2.40. The molecular formula is C16H23F3N2O3S. The summed E-state index contributed by atoms with van der Waals surface area (Å²) in [4.78, 5) is 11.9. The highest BCUT2D eigenvalue weighted by molar-refractivity contribution is 7.92. The van der Waals surface area contributed by atoms with Gasteiger partial charge in [-0.25, -0.2) is 8.42 Å². The second kappa shape index (κ2) is 8.55. The molecule has 9 heteroatoms. The Bertz CT molecular complexity index is 686. The van der Waals surface area contributed by atoms with Crippen LogP contribution in [0.15, 0.2) is 24.3 Å². The van der Waals surface area contributed by atoms with Crippen molar-refractivity contribution >= 4 is 21.6 Å². The Balaban J connectivity index is 3.01. The predicted octanol–water partition coefficient (Wildman–Crippen LogP) is 3.02. The number of hydrogen-bond donors (Lipinski definition) is 1. The fourth-order valence-electron chi connectivity index (χ4n) is 2.48. The summed E-state index contributed by atoms with van der Waals surface area (Å²) in [6.07, 6.45) is -2.58. The van der Waals surface area contributed by atoms with Crippen LogP contribution < -0.4 is 9.62 Å². The maximum Gasteiger partial charge on any atom is 0.418 e. The molecule has 0 spiro atoms. The Morgan fingerprint density at radius 1 is 1.20 bits per heavy atom. The highest BCUT2D eigenvalue weighted by atomic mass is 32.2. The largest absolute Gasteiger partial charge is 0.418 e. The number of nitrogens with zero attached hydrogens (tertiary/aromatic N) is 1. The van der Waals surface area contributed by atoms with Gasteiger partial charge in [-0.15, -0.1) is 0 Å². The molecule has 25 heavy (non-hydrogen) atoms. The van der Waals surface area contributed by atoms with Gasteiger partial charge in [0.2, 0.25) is 15.9 Å². The second-order valence-corrected chi connectivity index (χ2v) is 7.56. The van der Waals surface area contributed by atoms with Crippen LogP contribution >= 0.6 is 0 Å². The van der Waals surface area contributed by atoms with Gasteiger partial charge in [-0.2, -0.15) is 13.2 Å². The van der Waals surface area contributed by atoms with Crippen LogP contribution in [0.25, 0.3) is 0 Å². The van der Waals surface area contributed by atoms with Crippen LogP contribution in [-0.2, 0) is 21.0 Å². The molecule has 1 rings (SSSR count). The minimum Gasteiger partial charge on any atom is -0.354 e. The summed E-state index contributed by atoms with van der Waals surface area (Å²) in [6.45, 7) is 3.36. The second-order valence-electron chi connectivity index (χ2n) is 5.65. The molecule has 0 atom stereocenters. The molecule has 0 heterocycles. The van der Waals surface area contributed by atoms with Crippen molar-refractivity contribution < 1.29 is 26.4 Å². The topological polar surface area (TPSA) is 66.5 Å². The van der Waals surface area contributed by atoms with E-state index in [4.69, 9.17) is 0 Å². The number of hydrogen-bond acceptors (Lipinski definition) is 3. The molecule has 1 amide bonds. The third-order valence-electron chi connectivity index (χ3n) is 3.85. The van der Waals surface area contributed by atoms with Gasteiger partial charge >= 0.3 is 6.18 Å². The molecule has 0 bridgehead atoms. The van der Waals surface area contributed by atoms with Crippen LogP contribution in [0.1, 0.15) is 32.3 Å². The lowest BCUT2D eigenvalue weighted by Gasteiger charge is -2.26. The van der Waals surface area contributed by atoms with Crippen LogP contribution in [0.4, 0.5) is 18.9 Å². The number of benzene rings is 1. The molecule has 0 aliphatic heterocycles. The Morgan fingerprint density at radius 2 is 1.76 bits per heavy atom. The van der Waals surface area contributed by atoms with E-state index in [9.17, 15) is 26.4 Å². The van der Waals surface area contributed by atoms with Crippen molar-refractivity contribution in [2.24, 2.45) is 5.92 Å². The normalized spacial score (nSPS) is 12.3. The first-order chi connectivity index (χ1) is 11.5. The summed E-state index contributed by atoms with van der Waals surface area (Å²) in [6, 6.07) is 4.47. The molecule has 0 saturated heterocycles. The first-order valence-electron chi connectivity index (χ1n) is 7.94. The fourth-order valence-corrected chi connectivity index (χ4v) is 3.42. The molecule has 1 N–H and O–H groups in total. The fraction of sp³-hybridized carbons (Fsp3) is 0.562. The molecule has 142 valence electrons. The van der Waals surface area contributed by atoms with Crippen molar-refractivity contribution in [3.63, 3.8) is 0 Å². The average molecular weight is 380 g/mol. The summed E-state index contributed by atoms with van der Waals surface area (Å²) >= 11 is 0. The minimum atomic E-state index is -4.68. The van der Waals surface area contributed by atoms with Crippen molar-refractivity contribution in [3.05, 3.63) is 29.8 Å². The summed E-state index contributed by atoms with van der Waals surface area (Å²) in [5.41, 5.74) is -1.49. The summed E-state index contributed by atoms with van der Waals surface area (Å²) in [5.74, 6) is -0.434. The first kappa shape index (κ1) is 21.3. The van der Waals surface area contributed by atoms with Crippen molar-refractivity contribution in [1.29, 1.82) is 0 Å². The smallest absolute Gasteiger partial charge is 0.354 e. The molecule has 0 fully saturated rings. The lowest BCUT2D eigenvalue weighted by molar-refractivity contribution is -0.137. The molecule has 0 radical (unpaired) electrons. The Kier molecular flexibility index (Phi) is 7.28. The summed E-state index contributed by atoms with van der Waals surface area (Å²) < 4.78 is 64.1. The van der Waals surface area contributed by atoms with E-state index in [0.29, 0.717) is 17.1 Å². The predicted molar refractivity (Wildman–Crippen MR) is 90.7 cm³/mol. The van der Waals surface area contributed by atoms with E-state index in [1.807, 2.05) is 13.8 Å². The number of nitrogens with one attached hydrogen (secondary N) is 1. The SMILES string of the molecule is CCC(CC)C(=O)NCCN(c1ccccc1C(F)(F)F)S(C)(=O)=O. The van der Waals surface area contributed by atoms with Crippen molar-refractivity contribution in [3.8, 4) is 0 Å². The van der Waals surface area contributed by atoms with E-state index in [1.54, 1.807) is 0 Å². The molecule has 0 aromatic heterocycles. The molecule has 5 nitrogen and oxygen atoms in total. The average Bonchev–Trinajstić information content (AvgIpc) is 2.50. The van der Waals surface area contributed by atoms with Crippen LogP contribution in [0.5, 0.6) is 0 Å². The van der Waals surface area contributed by atoms with E-state index in [2.05, 4.69) is 5.32 Å². The molecule has 1 aromatic rings. The van der Waals surface area contributed by atoms with Gasteiger partial charge in [-0.1, -0.05) is 26.0 Å². The van der Waals surface area contributed by atoms with Crippen molar-refractivity contribution in [2.45, 2.75) is 32.9 Å². The van der Waals surface area contributed by atoms with Gasteiger partial charge in [0, 0.05) is 12.5 Å². The van der Waals surface area contributed by atoms with Gasteiger partial charge in [-0.05, 0) is 25.0 Å². The van der Waals surface area contributed by atoms with Gasteiger partial charge in [0.25, 0.3) is 0 Å². The number of carbonyl (C=O) groups is 1. The summed E-state index contributed by atoms with van der Waals surface area (Å²) in [7, 11) is -3.95. The Labute approximate surface area is 146 Å². The van der Waals surface area contributed by atoms with Crippen LogP contribution in [-0.4, -0.2) is 33.7 Å². The van der Waals surface area contributed by atoms with Gasteiger partial charge < -0.3 is 5.32 Å².